The van der Waals surface area contributed by atoms with E-state index in [4.69, 9.17) is 0 Å². The van der Waals surface area contributed by atoms with Crippen LogP contribution in [-0.2, 0) is 17.1 Å². The van der Waals surface area contributed by atoms with E-state index in [0.29, 0.717) is 17.0 Å². The van der Waals surface area contributed by atoms with Gasteiger partial charge in [0, 0.05) is 38.8 Å². The number of amides is 1. The van der Waals surface area contributed by atoms with Gasteiger partial charge in [0.1, 0.15) is 16.3 Å². The van der Waals surface area contributed by atoms with Crippen molar-refractivity contribution in [3.05, 3.63) is 47.9 Å². The Bertz CT molecular complexity index is 1250. The maximum absolute atomic E-state index is 12.9. The third kappa shape index (κ3) is 4.59. The molecule has 1 fully saturated rings. The molecule has 0 radical (unpaired) electrons. The smallest absolute Gasteiger partial charge is 0.387 e. The number of hydrogen-bond acceptors (Lipinski definition) is 6. The van der Waals surface area contributed by atoms with Gasteiger partial charge in [0.2, 0.25) is 10.0 Å². The standard InChI is InChI=1S/C20H22F2N6O4S/c1-13-18(12-23-26(13)2)33(30,31)28-9-7-27(8-10-28)19(29)17-11-16(24-25-17)14-3-5-15(6-4-14)32-20(21)22/h3-6,11-12,20H,7-10H2,1-2H3,(H,24,25). The minimum Gasteiger partial charge on any atom is -0.435 e. The van der Waals surface area contributed by atoms with Crippen molar-refractivity contribution in [2.75, 3.05) is 26.2 Å². The van der Waals surface area contributed by atoms with Crippen LogP contribution in [0.25, 0.3) is 11.3 Å². The molecule has 3 heterocycles. The monoisotopic (exact) mass is 480 g/mol. The van der Waals surface area contributed by atoms with Crippen molar-refractivity contribution >= 4 is 15.9 Å². The zero-order valence-corrected chi connectivity index (χ0v) is 18.7. The van der Waals surface area contributed by atoms with Crippen LogP contribution in [0.5, 0.6) is 5.75 Å². The number of ether oxygens (including phenoxy) is 1. The van der Waals surface area contributed by atoms with Crippen molar-refractivity contribution < 1.29 is 26.7 Å². The van der Waals surface area contributed by atoms with E-state index in [1.807, 2.05) is 0 Å². The highest BCUT2D eigenvalue weighted by Gasteiger charge is 2.33. The molecule has 0 unspecified atom stereocenters. The Hall–Kier alpha value is -3.32. The number of sulfonamides is 1. The molecule has 0 spiro atoms. The van der Waals surface area contributed by atoms with Crippen molar-refractivity contribution in [2.45, 2.75) is 18.4 Å². The van der Waals surface area contributed by atoms with Crippen LogP contribution in [0.3, 0.4) is 0 Å². The Morgan fingerprint density at radius 1 is 1.15 bits per heavy atom. The highest BCUT2D eigenvalue weighted by atomic mass is 32.2. The number of carbonyl (C=O) groups excluding carboxylic acids is 1. The van der Waals surface area contributed by atoms with E-state index in [9.17, 15) is 22.0 Å². The SMILES string of the molecule is Cc1c(S(=O)(=O)N2CCN(C(=O)c3cc(-c4ccc(OC(F)F)cc4)n[nH]3)CC2)cnn1C. The van der Waals surface area contributed by atoms with Gasteiger partial charge in [-0.3, -0.25) is 14.6 Å². The number of aryl methyl sites for hydroxylation is 1. The maximum Gasteiger partial charge on any atom is 0.387 e. The quantitative estimate of drug-likeness (QED) is 0.576. The lowest BCUT2D eigenvalue weighted by atomic mass is 10.1. The molecule has 33 heavy (non-hydrogen) atoms. The first-order valence-corrected chi connectivity index (χ1v) is 11.5. The zero-order chi connectivity index (χ0) is 23.8. The Labute approximate surface area is 188 Å². The van der Waals surface area contributed by atoms with Crippen LogP contribution in [0.1, 0.15) is 16.2 Å². The summed E-state index contributed by atoms with van der Waals surface area (Å²) in [5.41, 5.74) is 1.88. The van der Waals surface area contributed by atoms with E-state index < -0.39 is 16.6 Å². The third-order valence-corrected chi connectivity index (χ3v) is 7.52. The fourth-order valence-electron chi connectivity index (χ4n) is 3.56. The minimum atomic E-state index is -3.69. The Morgan fingerprint density at radius 3 is 2.39 bits per heavy atom. The average Bonchev–Trinajstić information content (AvgIpc) is 3.41. The van der Waals surface area contributed by atoms with Crippen LogP contribution in [0.15, 0.2) is 41.4 Å². The van der Waals surface area contributed by atoms with Gasteiger partial charge in [0.25, 0.3) is 5.91 Å². The number of hydrogen-bond donors (Lipinski definition) is 1. The second-order valence-corrected chi connectivity index (χ2v) is 9.39. The van der Waals surface area contributed by atoms with Crippen LogP contribution in [0.4, 0.5) is 8.78 Å². The van der Waals surface area contributed by atoms with Gasteiger partial charge in [0.05, 0.1) is 17.6 Å². The number of aromatic amines is 1. The van der Waals surface area contributed by atoms with E-state index >= 15 is 0 Å². The maximum atomic E-state index is 12.9. The summed E-state index contributed by atoms with van der Waals surface area (Å²) in [4.78, 5) is 14.6. The lowest BCUT2D eigenvalue weighted by Crippen LogP contribution is -2.50. The van der Waals surface area contributed by atoms with Gasteiger partial charge < -0.3 is 9.64 Å². The summed E-state index contributed by atoms with van der Waals surface area (Å²) in [5.74, 6) is -0.282. The van der Waals surface area contributed by atoms with Crippen molar-refractivity contribution in [1.29, 1.82) is 0 Å². The number of rotatable bonds is 6. The van der Waals surface area contributed by atoms with Crippen molar-refractivity contribution in [3.8, 4) is 17.0 Å². The lowest BCUT2D eigenvalue weighted by Gasteiger charge is -2.33. The van der Waals surface area contributed by atoms with Crippen LogP contribution < -0.4 is 4.74 Å². The number of piperazine rings is 1. The highest BCUT2D eigenvalue weighted by molar-refractivity contribution is 7.89. The molecule has 0 bridgehead atoms. The number of halogens is 2. The van der Waals surface area contributed by atoms with Crippen LogP contribution in [0.2, 0.25) is 0 Å². The largest absolute Gasteiger partial charge is 0.435 e. The molecule has 4 rings (SSSR count). The number of alkyl halides is 2. The number of nitrogens with one attached hydrogen (secondary N) is 1. The fourth-order valence-corrected chi connectivity index (χ4v) is 5.17. The first-order chi connectivity index (χ1) is 15.7. The summed E-state index contributed by atoms with van der Waals surface area (Å²) in [6, 6.07) is 7.47. The summed E-state index contributed by atoms with van der Waals surface area (Å²) in [6.07, 6.45) is 1.33. The normalized spacial score (nSPS) is 15.2. The molecule has 0 saturated carbocycles. The molecule has 3 aromatic rings. The molecule has 0 atom stereocenters. The van der Waals surface area contributed by atoms with Gasteiger partial charge in [-0.05, 0) is 37.3 Å². The molecule has 13 heteroatoms. The van der Waals surface area contributed by atoms with E-state index in [1.54, 1.807) is 37.1 Å². The van der Waals surface area contributed by atoms with E-state index in [1.165, 1.54) is 27.3 Å². The van der Waals surface area contributed by atoms with Crippen molar-refractivity contribution in [1.82, 2.24) is 29.2 Å². The number of benzene rings is 1. The van der Waals surface area contributed by atoms with Crippen LogP contribution in [-0.4, -0.2) is 76.3 Å². The van der Waals surface area contributed by atoms with E-state index in [-0.39, 0.29) is 48.4 Å². The summed E-state index contributed by atoms with van der Waals surface area (Å²) in [5, 5.41) is 10.8. The third-order valence-electron chi connectivity index (χ3n) is 5.52. The number of nitrogens with zero attached hydrogens (tertiary/aromatic N) is 5. The predicted octanol–water partition coefficient (Wildman–Crippen LogP) is 1.87. The summed E-state index contributed by atoms with van der Waals surface area (Å²) in [7, 11) is -2.02. The van der Waals surface area contributed by atoms with Crippen molar-refractivity contribution in [2.24, 2.45) is 7.05 Å². The second kappa shape index (κ2) is 8.90. The van der Waals surface area contributed by atoms with Gasteiger partial charge in [0.15, 0.2) is 0 Å². The molecule has 176 valence electrons. The van der Waals surface area contributed by atoms with Gasteiger partial charge >= 0.3 is 6.61 Å². The lowest BCUT2D eigenvalue weighted by molar-refractivity contribution is -0.0498. The fraction of sp³-hybridized carbons (Fsp3) is 0.350. The Kier molecular flexibility index (Phi) is 6.17. The first kappa shape index (κ1) is 22.9. The van der Waals surface area contributed by atoms with Crippen molar-refractivity contribution in [3.63, 3.8) is 0 Å². The molecule has 2 aromatic heterocycles. The molecular weight excluding hydrogens is 458 g/mol. The highest BCUT2D eigenvalue weighted by Crippen LogP contribution is 2.24. The Balaban J connectivity index is 1.40. The summed E-state index contributed by atoms with van der Waals surface area (Å²) in [6.45, 7) is -0.440. The molecule has 1 aliphatic heterocycles. The first-order valence-electron chi connectivity index (χ1n) is 10.1. The molecule has 1 saturated heterocycles. The topological polar surface area (TPSA) is 113 Å². The second-order valence-electron chi connectivity index (χ2n) is 7.48. The number of H-pyrrole nitrogens is 1. The number of carbonyl (C=O) groups is 1. The summed E-state index contributed by atoms with van der Waals surface area (Å²) < 4.78 is 57.6. The number of aromatic nitrogens is 4. The van der Waals surface area contributed by atoms with E-state index in [0.717, 1.165) is 0 Å². The molecule has 10 nitrogen and oxygen atoms in total. The molecule has 1 aliphatic rings. The predicted molar refractivity (Wildman–Crippen MR) is 113 cm³/mol. The van der Waals surface area contributed by atoms with Gasteiger partial charge in [-0.15, -0.1) is 0 Å². The van der Waals surface area contributed by atoms with Gasteiger partial charge in [-0.2, -0.15) is 23.3 Å². The van der Waals surface area contributed by atoms with Gasteiger partial charge in [-0.25, -0.2) is 8.42 Å². The average molecular weight is 480 g/mol. The van der Waals surface area contributed by atoms with Gasteiger partial charge in [-0.1, -0.05) is 0 Å². The molecule has 1 aromatic carbocycles. The van der Waals surface area contributed by atoms with E-state index in [2.05, 4.69) is 20.0 Å². The Morgan fingerprint density at radius 2 is 1.82 bits per heavy atom. The molecule has 0 aliphatic carbocycles. The van der Waals surface area contributed by atoms with Crippen LogP contribution in [0, 0.1) is 6.92 Å². The molecule has 1 N–H and O–H groups in total. The van der Waals surface area contributed by atoms with Crippen LogP contribution >= 0.6 is 0 Å². The molecule has 1 amide bonds. The zero-order valence-electron chi connectivity index (χ0n) is 17.9. The molecular formula is C20H22F2N6O4S. The summed E-state index contributed by atoms with van der Waals surface area (Å²) >= 11 is 0. The minimum absolute atomic E-state index is 0.0230.